The summed E-state index contributed by atoms with van der Waals surface area (Å²) in [6.07, 6.45) is 1.79. The number of fused-ring (bicyclic) bond motifs is 1. The average molecular weight is 381 g/mol. The number of ether oxygens (including phenoxy) is 2. The minimum absolute atomic E-state index is 0.118. The molecule has 2 aromatic heterocycles. The molecule has 0 aliphatic carbocycles. The maximum atomic E-state index is 12.4. The topological polar surface area (TPSA) is 83.2 Å². The molecule has 0 bridgehead atoms. The SMILES string of the molecule is CC(C)c1cc(NC(=O)Cn2ccc(-c3ccc4c(c3)OCCO4)n2)n(C)n1. The molecule has 28 heavy (non-hydrogen) atoms. The Morgan fingerprint density at radius 1 is 1.14 bits per heavy atom. The molecular formula is C20H23N5O3. The maximum absolute atomic E-state index is 12.4. The molecule has 1 aliphatic rings. The highest BCUT2D eigenvalue weighted by atomic mass is 16.6. The lowest BCUT2D eigenvalue weighted by atomic mass is 10.1. The molecule has 8 heteroatoms. The van der Waals surface area contributed by atoms with Crippen LogP contribution in [0.15, 0.2) is 36.5 Å². The summed E-state index contributed by atoms with van der Waals surface area (Å²) < 4.78 is 14.5. The molecule has 3 heterocycles. The van der Waals surface area contributed by atoms with E-state index in [-0.39, 0.29) is 12.5 Å². The van der Waals surface area contributed by atoms with E-state index in [1.807, 2.05) is 37.4 Å². The van der Waals surface area contributed by atoms with E-state index in [1.165, 1.54) is 0 Å². The van der Waals surface area contributed by atoms with Gasteiger partial charge in [0.1, 0.15) is 25.6 Å². The van der Waals surface area contributed by atoms with Gasteiger partial charge < -0.3 is 14.8 Å². The van der Waals surface area contributed by atoms with Crippen LogP contribution in [0.3, 0.4) is 0 Å². The highest BCUT2D eigenvalue weighted by Crippen LogP contribution is 2.33. The molecule has 0 saturated heterocycles. The quantitative estimate of drug-likeness (QED) is 0.735. The van der Waals surface area contributed by atoms with Crippen LogP contribution in [0.5, 0.6) is 11.5 Å². The van der Waals surface area contributed by atoms with Crippen molar-refractivity contribution < 1.29 is 14.3 Å². The van der Waals surface area contributed by atoms with Crippen LogP contribution in [0.4, 0.5) is 5.82 Å². The van der Waals surface area contributed by atoms with Gasteiger partial charge in [-0.15, -0.1) is 0 Å². The second-order valence-electron chi connectivity index (χ2n) is 7.04. The number of rotatable bonds is 5. The van der Waals surface area contributed by atoms with Gasteiger partial charge in [0.15, 0.2) is 11.5 Å². The Hall–Kier alpha value is -3.29. The van der Waals surface area contributed by atoms with Gasteiger partial charge in [0, 0.05) is 24.9 Å². The highest BCUT2D eigenvalue weighted by molar-refractivity contribution is 5.89. The molecule has 8 nitrogen and oxygen atoms in total. The highest BCUT2D eigenvalue weighted by Gasteiger charge is 2.15. The Kier molecular flexibility index (Phi) is 4.77. The number of amides is 1. The molecule has 0 atom stereocenters. The van der Waals surface area contributed by atoms with Crippen LogP contribution >= 0.6 is 0 Å². The van der Waals surface area contributed by atoms with E-state index in [9.17, 15) is 4.79 Å². The first-order valence-corrected chi connectivity index (χ1v) is 9.27. The summed E-state index contributed by atoms with van der Waals surface area (Å²) >= 11 is 0. The van der Waals surface area contributed by atoms with Crippen molar-refractivity contribution in [3.63, 3.8) is 0 Å². The van der Waals surface area contributed by atoms with Crippen LogP contribution < -0.4 is 14.8 Å². The number of nitrogens with zero attached hydrogens (tertiary/aromatic N) is 4. The van der Waals surface area contributed by atoms with E-state index in [0.717, 1.165) is 22.7 Å². The van der Waals surface area contributed by atoms with E-state index in [1.54, 1.807) is 15.6 Å². The van der Waals surface area contributed by atoms with Crippen LogP contribution in [-0.2, 0) is 18.4 Å². The zero-order valence-electron chi connectivity index (χ0n) is 16.2. The van der Waals surface area contributed by atoms with Crippen molar-refractivity contribution in [2.75, 3.05) is 18.5 Å². The Balaban J connectivity index is 1.44. The molecule has 1 N–H and O–H groups in total. The summed E-state index contributed by atoms with van der Waals surface area (Å²) in [7, 11) is 1.81. The smallest absolute Gasteiger partial charge is 0.247 e. The molecule has 0 unspecified atom stereocenters. The minimum atomic E-state index is -0.157. The van der Waals surface area contributed by atoms with Crippen molar-refractivity contribution in [2.24, 2.45) is 7.05 Å². The second-order valence-corrected chi connectivity index (χ2v) is 7.04. The van der Waals surface area contributed by atoms with Gasteiger partial charge in [-0.2, -0.15) is 10.2 Å². The molecule has 146 valence electrons. The zero-order valence-corrected chi connectivity index (χ0v) is 16.2. The van der Waals surface area contributed by atoms with Crippen LogP contribution in [0.25, 0.3) is 11.3 Å². The van der Waals surface area contributed by atoms with Gasteiger partial charge >= 0.3 is 0 Å². The van der Waals surface area contributed by atoms with E-state index in [0.29, 0.717) is 30.7 Å². The molecule has 3 aromatic rings. The molecule has 1 amide bonds. The van der Waals surface area contributed by atoms with Crippen molar-refractivity contribution in [1.82, 2.24) is 19.6 Å². The number of nitrogens with one attached hydrogen (secondary N) is 1. The third-order valence-electron chi connectivity index (χ3n) is 4.54. The van der Waals surface area contributed by atoms with Gasteiger partial charge in [-0.1, -0.05) is 13.8 Å². The normalized spacial score (nSPS) is 13.0. The summed E-state index contributed by atoms with van der Waals surface area (Å²) in [5.74, 6) is 2.28. The van der Waals surface area contributed by atoms with Gasteiger partial charge in [-0.05, 0) is 30.2 Å². The fourth-order valence-corrected chi connectivity index (χ4v) is 3.02. The third kappa shape index (κ3) is 3.71. The third-order valence-corrected chi connectivity index (χ3v) is 4.54. The number of aromatic nitrogens is 4. The van der Waals surface area contributed by atoms with Crippen molar-refractivity contribution in [2.45, 2.75) is 26.3 Å². The Bertz CT molecular complexity index is 1010. The van der Waals surface area contributed by atoms with Crippen molar-refractivity contribution in [1.29, 1.82) is 0 Å². The van der Waals surface area contributed by atoms with Gasteiger partial charge in [0.25, 0.3) is 0 Å². The van der Waals surface area contributed by atoms with Crippen molar-refractivity contribution in [3.05, 3.63) is 42.2 Å². The first-order chi connectivity index (χ1) is 13.5. The van der Waals surface area contributed by atoms with Crippen LogP contribution in [0.2, 0.25) is 0 Å². The van der Waals surface area contributed by atoms with Gasteiger partial charge in [-0.3, -0.25) is 14.2 Å². The summed E-state index contributed by atoms with van der Waals surface area (Å²) in [5.41, 5.74) is 2.63. The van der Waals surface area contributed by atoms with Crippen LogP contribution in [0, 0.1) is 0 Å². The average Bonchev–Trinajstić information content (AvgIpc) is 3.28. The predicted octanol–water partition coefficient (Wildman–Crippen LogP) is 2.82. The van der Waals surface area contributed by atoms with Gasteiger partial charge in [0.2, 0.25) is 5.91 Å². The number of benzene rings is 1. The second kappa shape index (κ2) is 7.38. The lowest BCUT2D eigenvalue weighted by Crippen LogP contribution is -2.20. The number of anilines is 1. The zero-order chi connectivity index (χ0) is 19.7. The van der Waals surface area contributed by atoms with Crippen molar-refractivity contribution >= 4 is 11.7 Å². The number of hydrogen-bond acceptors (Lipinski definition) is 5. The van der Waals surface area contributed by atoms with Crippen LogP contribution in [-0.4, -0.2) is 38.7 Å². The summed E-state index contributed by atoms with van der Waals surface area (Å²) in [6, 6.07) is 9.49. The summed E-state index contributed by atoms with van der Waals surface area (Å²) in [5, 5.41) is 11.8. The van der Waals surface area contributed by atoms with Crippen molar-refractivity contribution in [3.8, 4) is 22.8 Å². The number of carbonyl (C=O) groups is 1. The number of aryl methyl sites for hydroxylation is 1. The Morgan fingerprint density at radius 3 is 2.68 bits per heavy atom. The van der Waals surface area contributed by atoms with E-state index >= 15 is 0 Å². The predicted molar refractivity (Wildman–Crippen MR) is 105 cm³/mol. The summed E-state index contributed by atoms with van der Waals surface area (Å²) in [4.78, 5) is 12.4. The fourth-order valence-electron chi connectivity index (χ4n) is 3.02. The standard InChI is InChI=1S/C20H23N5O3/c1-13(2)16-11-19(24(3)22-16)21-20(26)12-25-7-6-15(23-25)14-4-5-17-18(10-14)28-9-8-27-17/h4-7,10-11,13H,8-9,12H2,1-3H3,(H,21,26). The number of carbonyl (C=O) groups excluding carboxylic acids is 1. The van der Waals surface area contributed by atoms with Crippen LogP contribution in [0.1, 0.15) is 25.5 Å². The Morgan fingerprint density at radius 2 is 1.93 bits per heavy atom. The first kappa shape index (κ1) is 18.1. The molecule has 0 saturated carbocycles. The molecule has 1 aromatic carbocycles. The van der Waals surface area contributed by atoms with Gasteiger partial charge in [-0.25, -0.2) is 0 Å². The molecule has 0 spiro atoms. The molecule has 1 aliphatic heterocycles. The molecule has 0 radical (unpaired) electrons. The minimum Gasteiger partial charge on any atom is -0.486 e. The molecule has 0 fully saturated rings. The number of hydrogen-bond donors (Lipinski definition) is 1. The lowest BCUT2D eigenvalue weighted by molar-refractivity contribution is -0.116. The largest absolute Gasteiger partial charge is 0.486 e. The monoisotopic (exact) mass is 381 g/mol. The Labute approximate surface area is 163 Å². The van der Waals surface area contributed by atoms with E-state index < -0.39 is 0 Å². The summed E-state index contributed by atoms with van der Waals surface area (Å²) in [6.45, 7) is 5.35. The maximum Gasteiger partial charge on any atom is 0.247 e. The van der Waals surface area contributed by atoms with E-state index in [2.05, 4.69) is 29.4 Å². The molecule has 4 rings (SSSR count). The lowest BCUT2D eigenvalue weighted by Gasteiger charge is -2.18. The van der Waals surface area contributed by atoms with E-state index in [4.69, 9.17) is 9.47 Å². The molecular weight excluding hydrogens is 358 g/mol. The van der Waals surface area contributed by atoms with Gasteiger partial charge in [0.05, 0.1) is 11.4 Å². The first-order valence-electron chi connectivity index (χ1n) is 9.27. The fraction of sp³-hybridized carbons (Fsp3) is 0.350.